The molecule has 0 fully saturated rings. The zero-order chi connectivity index (χ0) is 26.2. The van der Waals surface area contributed by atoms with E-state index in [-0.39, 0.29) is 0 Å². The molecule has 0 amide bonds. The highest BCUT2D eigenvalue weighted by Gasteiger charge is 2.06. The molecule has 0 saturated heterocycles. The lowest BCUT2D eigenvalue weighted by Gasteiger charge is -2.14. The van der Waals surface area contributed by atoms with E-state index < -0.39 is 0 Å². The van der Waals surface area contributed by atoms with Crippen LogP contribution in [0.25, 0.3) is 0 Å². The van der Waals surface area contributed by atoms with Crippen molar-refractivity contribution in [3.05, 3.63) is 0 Å². The fraction of sp³-hybridized carbons (Fsp3) is 1.00. The number of unbranched alkanes of at least 4 members (excludes halogenated alkanes) is 27. The third kappa shape index (κ3) is 30.2. The summed E-state index contributed by atoms with van der Waals surface area (Å²) in [4.78, 5) is 0. The predicted molar refractivity (Wildman–Crippen MR) is 167 cm³/mol. The molecule has 0 aromatic rings. The van der Waals surface area contributed by atoms with Crippen molar-refractivity contribution in [1.29, 1.82) is 0 Å². The number of hydrogen-bond acceptors (Lipinski definition) is 1. The molecule has 1 atom stereocenters. The molecule has 36 heavy (non-hydrogen) atoms. The van der Waals surface area contributed by atoms with Gasteiger partial charge in [0.2, 0.25) is 0 Å². The molecule has 0 aliphatic heterocycles. The van der Waals surface area contributed by atoms with Gasteiger partial charge in [-0.1, -0.05) is 200 Å². The van der Waals surface area contributed by atoms with Gasteiger partial charge >= 0.3 is 0 Å². The first kappa shape index (κ1) is 36.0. The van der Waals surface area contributed by atoms with Crippen LogP contribution in [0.5, 0.6) is 0 Å². The van der Waals surface area contributed by atoms with Crippen LogP contribution in [-0.2, 0) is 0 Å². The zero-order valence-electron chi connectivity index (χ0n) is 25.8. The summed E-state index contributed by atoms with van der Waals surface area (Å²) in [6.07, 6.45) is 44.9. The first-order valence-corrected chi connectivity index (χ1v) is 17.5. The maximum absolute atomic E-state index is 6.09. The maximum Gasteiger partial charge on any atom is -0.00489 e. The Hall–Kier alpha value is -0.0400. The third-order valence-corrected chi connectivity index (χ3v) is 8.52. The van der Waals surface area contributed by atoms with Gasteiger partial charge in [0.05, 0.1) is 0 Å². The highest BCUT2D eigenvalue weighted by atomic mass is 14.5. The molecule has 0 aliphatic carbocycles. The van der Waals surface area contributed by atoms with Crippen molar-refractivity contribution in [3.63, 3.8) is 0 Å². The lowest BCUT2D eigenvalue weighted by Crippen LogP contribution is -2.14. The van der Waals surface area contributed by atoms with Crippen molar-refractivity contribution in [2.45, 2.75) is 213 Å². The fourth-order valence-corrected chi connectivity index (χ4v) is 5.81. The molecule has 0 aromatic heterocycles. The molecule has 1 heteroatoms. The highest BCUT2D eigenvalue weighted by molar-refractivity contribution is 4.61. The predicted octanol–water partition coefficient (Wildman–Crippen LogP) is 12.7. The van der Waals surface area contributed by atoms with Crippen molar-refractivity contribution in [3.8, 4) is 0 Å². The van der Waals surface area contributed by atoms with Crippen LogP contribution in [0.15, 0.2) is 0 Å². The minimum atomic E-state index is 0.796. The van der Waals surface area contributed by atoms with Gasteiger partial charge in [-0.05, 0) is 25.3 Å². The molecule has 0 heterocycles. The van der Waals surface area contributed by atoms with Gasteiger partial charge in [0, 0.05) is 0 Å². The molecule has 0 rings (SSSR count). The largest absolute Gasteiger partial charge is 0.330 e. The topological polar surface area (TPSA) is 26.0 Å². The van der Waals surface area contributed by atoms with Gasteiger partial charge in [-0.3, -0.25) is 0 Å². The first-order chi connectivity index (χ1) is 17.8. The van der Waals surface area contributed by atoms with Crippen molar-refractivity contribution in [1.82, 2.24) is 0 Å². The molecule has 0 spiro atoms. The molecule has 1 nitrogen and oxygen atoms in total. The van der Waals surface area contributed by atoms with Gasteiger partial charge < -0.3 is 5.73 Å². The monoisotopic (exact) mass is 508 g/mol. The second-order valence-electron chi connectivity index (χ2n) is 12.2. The second-order valence-corrected chi connectivity index (χ2v) is 12.2. The van der Waals surface area contributed by atoms with Gasteiger partial charge in [0.1, 0.15) is 0 Å². The molecule has 1 unspecified atom stereocenters. The third-order valence-electron chi connectivity index (χ3n) is 8.52. The van der Waals surface area contributed by atoms with Gasteiger partial charge in [-0.15, -0.1) is 0 Å². The molecular formula is C35H73N. The normalized spacial score (nSPS) is 12.4. The quantitative estimate of drug-likeness (QED) is 0.0900. The Morgan fingerprint density at radius 2 is 0.500 bits per heavy atom. The molecule has 2 N–H and O–H groups in total. The Labute approximate surface area is 230 Å². The second kappa shape index (κ2) is 33.0. The molecule has 0 aromatic carbocycles. The summed E-state index contributed by atoms with van der Waals surface area (Å²) in [7, 11) is 0. The molecule has 0 bridgehead atoms. The van der Waals surface area contributed by atoms with E-state index >= 15 is 0 Å². The van der Waals surface area contributed by atoms with E-state index in [4.69, 9.17) is 5.73 Å². The standard InChI is InChI=1S/C35H73N/c1-3-5-7-9-11-13-15-17-18-19-21-23-25-27-29-31-33-35(34-36)32-30-28-26-24-22-20-16-14-12-10-8-6-4-2/h35H,3-34,36H2,1-2H3. The van der Waals surface area contributed by atoms with Gasteiger partial charge in [0.25, 0.3) is 0 Å². The van der Waals surface area contributed by atoms with Crippen LogP contribution in [0.1, 0.15) is 213 Å². The van der Waals surface area contributed by atoms with E-state index in [1.165, 1.54) is 199 Å². The summed E-state index contributed by atoms with van der Waals surface area (Å²) in [5.41, 5.74) is 6.09. The average molecular weight is 508 g/mol. The van der Waals surface area contributed by atoms with Crippen LogP contribution >= 0.6 is 0 Å². The Bertz CT molecular complexity index is 366. The van der Waals surface area contributed by atoms with Gasteiger partial charge in [0.15, 0.2) is 0 Å². The summed E-state index contributed by atoms with van der Waals surface area (Å²) >= 11 is 0. The maximum atomic E-state index is 6.09. The summed E-state index contributed by atoms with van der Waals surface area (Å²) in [5.74, 6) is 0.796. The summed E-state index contributed by atoms with van der Waals surface area (Å²) in [5, 5.41) is 0. The van der Waals surface area contributed by atoms with Crippen LogP contribution in [0, 0.1) is 5.92 Å². The van der Waals surface area contributed by atoms with E-state index in [2.05, 4.69) is 13.8 Å². The van der Waals surface area contributed by atoms with E-state index in [0.29, 0.717) is 0 Å². The summed E-state index contributed by atoms with van der Waals surface area (Å²) in [6, 6.07) is 0. The van der Waals surface area contributed by atoms with Crippen molar-refractivity contribution < 1.29 is 0 Å². The summed E-state index contributed by atoms with van der Waals surface area (Å²) in [6.45, 7) is 5.52. The van der Waals surface area contributed by atoms with E-state index in [1.54, 1.807) is 0 Å². The summed E-state index contributed by atoms with van der Waals surface area (Å²) < 4.78 is 0. The minimum absolute atomic E-state index is 0.796. The zero-order valence-corrected chi connectivity index (χ0v) is 25.8. The Kier molecular flexibility index (Phi) is 33.0. The van der Waals surface area contributed by atoms with E-state index in [0.717, 1.165) is 12.5 Å². The van der Waals surface area contributed by atoms with E-state index in [9.17, 15) is 0 Å². The first-order valence-electron chi connectivity index (χ1n) is 17.5. The lowest BCUT2D eigenvalue weighted by atomic mass is 9.94. The van der Waals surface area contributed by atoms with Crippen LogP contribution < -0.4 is 5.73 Å². The van der Waals surface area contributed by atoms with Gasteiger partial charge in [-0.2, -0.15) is 0 Å². The average Bonchev–Trinajstić information content (AvgIpc) is 2.89. The minimum Gasteiger partial charge on any atom is -0.330 e. The smallest absolute Gasteiger partial charge is 0.00489 e. The van der Waals surface area contributed by atoms with Crippen LogP contribution in [-0.4, -0.2) is 6.54 Å². The van der Waals surface area contributed by atoms with Crippen molar-refractivity contribution in [2.24, 2.45) is 11.7 Å². The van der Waals surface area contributed by atoms with Crippen molar-refractivity contribution in [2.75, 3.05) is 6.54 Å². The number of hydrogen-bond donors (Lipinski definition) is 1. The SMILES string of the molecule is CCCCCCCCCCCCCCCCCCC(CN)CCCCCCCCCCCCCCC. The Balaban J connectivity index is 3.25. The molecular weight excluding hydrogens is 434 g/mol. The number of nitrogens with two attached hydrogens (primary N) is 1. The van der Waals surface area contributed by atoms with Gasteiger partial charge in [-0.25, -0.2) is 0 Å². The number of rotatable bonds is 32. The fourth-order valence-electron chi connectivity index (χ4n) is 5.81. The molecule has 0 aliphatic rings. The molecule has 0 radical (unpaired) electrons. The van der Waals surface area contributed by atoms with Crippen molar-refractivity contribution >= 4 is 0 Å². The Morgan fingerprint density at radius 3 is 0.694 bits per heavy atom. The van der Waals surface area contributed by atoms with Crippen LogP contribution in [0.2, 0.25) is 0 Å². The lowest BCUT2D eigenvalue weighted by molar-refractivity contribution is 0.409. The molecule has 218 valence electrons. The van der Waals surface area contributed by atoms with E-state index in [1.807, 2.05) is 0 Å². The van der Waals surface area contributed by atoms with Crippen LogP contribution in [0.3, 0.4) is 0 Å². The molecule has 0 saturated carbocycles. The highest BCUT2D eigenvalue weighted by Crippen LogP contribution is 2.19. The van der Waals surface area contributed by atoms with Crippen LogP contribution in [0.4, 0.5) is 0 Å². The Morgan fingerprint density at radius 1 is 0.306 bits per heavy atom.